The third-order valence-electron chi connectivity index (χ3n) is 8.53. The Labute approximate surface area is 223 Å². The smallest absolute Gasteiger partial charge is 0.407 e. The highest BCUT2D eigenvalue weighted by Gasteiger charge is 2.42. The maximum Gasteiger partial charge on any atom is 0.407 e. The lowest BCUT2D eigenvalue weighted by Gasteiger charge is -2.39. The molecule has 2 aromatic rings. The van der Waals surface area contributed by atoms with E-state index >= 15 is 0 Å². The molecular weight excluding hydrogens is 508 g/mol. The van der Waals surface area contributed by atoms with Crippen LogP contribution in [0.15, 0.2) is 6.33 Å². The molecule has 2 aromatic heterocycles. The third kappa shape index (κ3) is 5.78. The largest absolute Gasteiger partial charge is 0.474 e. The van der Waals surface area contributed by atoms with Gasteiger partial charge in [-0.05, 0) is 74.6 Å². The molecule has 1 fully saturated rings. The molecule has 0 radical (unpaired) electrons. The number of thiophene rings is 1. The van der Waals surface area contributed by atoms with Crippen molar-refractivity contribution in [1.82, 2.24) is 14.9 Å². The molecule has 0 saturated heterocycles. The van der Waals surface area contributed by atoms with E-state index < -0.39 is 26.4 Å². The average molecular weight is 549 g/mol. The number of nitrogens with zero attached hydrogens (tertiary/aromatic N) is 3. The standard InChI is InChI=1S/C26H40N4O5SSi/c1-26(2,3)37(5,6)35-18(22(27)31)13-15-7-12-19-20(15)21-23(28-14-29-24(21)36-19)34-17-10-8-16(9-11-17)30(4)25(32)33/h14-18H,7-13H2,1-6H3,(H2,27,31)(H,32,33)/t15-,16?,17?,18-/m1/s1. The maximum atomic E-state index is 12.5. The fourth-order valence-electron chi connectivity index (χ4n) is 5.24. The van der Waals surface area contributed by atoms with Crippen LogP contribution in [0.5, 0.6) is 5.88 Å². The van der Waals surface area contributed by atoms with Gasteiger partial charge in [-0.25, -0.2) is 14.8 Å². The highest BCUT2D eigenvalue weighted by Crippen LogP contribution is 2.48. The number of hydrogen-bond donors (Lipinski definition) is 2. The lowest BCUT2D eigenvalue weighted by molar-refractivity contribution is -0.125. The Kier molecular flexibility index (Phi) is 7.88. The minimum Gasteiger partial charge on any atom is -0.474 e. The van der Waals surface area contributed by atoms with Crippen LogP contribution >= 0.6 is 11.3 Å². The van der Waals surface area contributed by atoms with Crippen molar-refractivity contribution in [3.63, 3.8) is 0 Å². The highest BCUT2D eigenvalue weighted by atomic mass is 32.1. The molecule has 3 N–H and O–H groups in total. The Balaban J connectivity index is 1.54. The summed E-state index contributed by atoms with van der Waals surface area (Å²) >= 11 is 1.68. The number of carboxylic acid groups (broad SMARTS) is 1. The van der Waals surface area contributed by atoms with E-state index in [2.05, 4.69) is 43.8 Å². The van der Waals surface area contributed by atoms with Gasteiger partial charge < -0.3 is 24.9 Å². The third-order valence-corrected chi connectivity index (χ3v) is 14.2. The number of aromatic nitrogens is 2. The number of carbonyl (C=O) groups excluding carboxylic acids is 1. The molecule has 1 saturated carbocycles. The number of carbonyl (C=O) groups is 2. The molecule has 2 aliphatic carbocycles. The SMILES string of the molecule is CN(C(=O)O)C1CCC(Oc2ncnc3sc4c(c23)[C@@H](C[C@@H](O[Si](C)(C)C(C)(C)C)C(N)=O)CC4)CC1. The van der Waals surface area contributed by atoms with Crippen molar-refractivity contribution in [3.8, 4) is 5.88 Å². The first-order valence-electron chi connectivity index (χ1n) is 13.1. The molecule has 0 bridgehead atoms. The lowest BCUT2D eigenvalue weighted by Crippen LogP contribution is -2.48. The van der Waals surface area contributed by atoms with Gasteiger partial charge in [-0.15, -0.1) is 11.3 Å². The van der Waals surface area contributed by atoms with Crippen molar-refractivity contribution in [3.05, 3.63) is 16.8 Å². The molecule has 2 heterocycles. The molecule has 2 amide bonds. The number of rotatable bonds is 8. The van der Waals surface area contributed by atoms with E-state index in [4.69, 9.17) is 14.9 Å². The Morgan fingerprint density at radius 2 is 1.89 bits per heavy atom. The summed E-state index contributed by atoms with van der Waals surface area (Å²) < 4.78 is 12.9. The quantitative estimate of drug-likeness (QED) is 0.429. The fourth-order valence-corrected chi connectivity index (χ4v) is 7.75. The fraction of sp³-hybridized carbons (Fsp3) is 0.692. The van der Waals surface area contributed by atoms with Gasteiger partial charge in [-0.1, -0.05) is 20.8 Å². The molecule has 0 spiro atoms. The molecule has 4 rings (SSSR count). The van der Waals surface area contributed by atoms with E-state index in [1.165, 1.54) is 15.3 Å². The molecule has 2 aliphatic rings. The first-order chi connectivity index (χ1) is 17.3. The molecule has 9 nitrogen and oxygen atoms in total. The van der Waals surface area contributed by atoms with Crippen LogP contribution in [0.4, 0.5) is 4.79 Å². The Hall–Kier alpha value is -2.24. The van der Waals surface area contributed by atoms with Crippen LogP contribution in [0, 0.1) is 0 Å². The second-order valence-corrected chi connectivity index (χ2v) is 17.8. The van der Waals surface area contributed by atoms with Gasteiger partial charge >= 0.3 is 6.09 Å². The molecule has 0 aliphatic heterocycles. The molecular formula is C26H40N4O5SSi. The van der Waals surface area contributed by atoms with Gasteiger partial charge in [0, 0.05) is 18.0 Å². The maximum absolute atomic E-state index is 12.5. The highest BCUT2D eigenvalue weighted by molar-refractivity contribution is 7.19. The van der Waals surface area contributed by atoms with Crippen LogP contribution in [-0.4, -0.2) is 65.6 Å². The molecule has 0 unspecified atom stereocenters. The Bertz CT molecular complexity index is 1160. The van der Waals surface area contributed by atoms with Crippen LogP contribution in [0.1, 0.15) is 75.7 Å². The van der Waals surface area contributed by atoms with Gasteiger partial charge in [0.15, 0.2) is 8.32 Å². The normalized spacial score (nSPS) is 23.0. The molecule has 11 heteroatoms. The predicted octanol–water partition coefficient (Wildman–Crippen LogP) is 5.29. The number of primary amides is 1. The summed E-state index contributed by atoms with van der Waals surface area (Å²) in [5, 5.41) is 10.2. The average Bonchev–Trinajstić information content (AvgIpc) is 3.37. The van der Waals surface area contributed by atoms with Gasteiger partial charge in [-0.2, -0.15) is 0 Å². The van der Waals surface area contributed by atoms with Crippen molar-refractivity contribution in [2.75, 3.05) is 7.05 Å². The number of hydrogen-bond acceptors (Lipinski definition) is 7. The summed E-state index contributed by atoms with van der Waals surface area (Å²) in [5.41, 5.74) is 7.03. The zero-order chi connectivity index (χ0) is 27.1. The minimum atomic E-state index is -2.18. The predicted molar refractivity (Wildman–Crippen MR) is 147 cm³/mol. The summed E-state index contributed by atoms with van der Waals surface area (Å²) in [6.45, 7) is 10.8. The monoisotopic (exact) mass is 548 g/mol. The second kappa shape index (κ2) is 10.5. The summed E-state index contributed by atoms with van der Waals surface area (Å²) in [6.07, 6.45) is 5.47. The number of aryl methyl sites for hydroxylation is 1. The summed E-state index contributed by atoms with van der Waals surface area (Å²) in [4.78, 5) is 36.4. The first kappa shape index (κ1) is 27.8. The number of amides is 2. The van der Waals surface area contributed by atoms with Crippen molar-refractivity contribution in [2.24, 2.45) is 5.73 Å². The number of nitrogens with two attached hydrogens (primary N) is 1. The molecule has 204 valence electrons. The lowest BCUT2D eigenvalue weighted by atomic mass is 9.92. The van der Waals surface area contributed by atoms with Crippen LogP contribution in [0.2, 0.25) is 18.1 Å². The van der Waals surface area contributed by atoms with E-state index in [0.29, 0.717) is 12.3 Å². The summed E-state index contributed by atoms with van der Waals surface area (Å²) in [6, 6.07) is 0.0178. The van der Waals surface area contributed by atoms with E-state index in [9.17, 15) is 14.7 Å². The Morgan fingerprint density at radius 1 is 1.22 bits per heavy atom. The van der Waals surface area contributed by atoms with Gasteiger partial charge in [0.25, 0.3) is 0 Å². The van der Waals surface area contributed by atoms with Gasteiger partial charge in [0.1, 0.15) is 23.4 Å². The number of fused-ring (bicyclic) bond motifs is 3. The van der Waals surface area contributed by atoms with E-state index in [0.717, 1.165) is 48.7 Å². The van der Waals surface area contributed by atoms with E-state index in [1.807, 2.05) is 0 Å². The molecule has 2 atom stereocenters. The van der Waals surface area contributed by atoms with Crippen molar-refractivity contribution in [1.29, 1.82) is 0 Å². The number of ether oxygens (including phenoxy) is 1. The Morgan fingerprint density at radius 3 is 2.49 bits per heavy atom. The van der Waals surface area contributed by atoms with E-state index in [-0.39, 0.29) is 23.1 Å². The van der Waals surface area contributed by atoms with Gasteiger partial charge in [0.2, 0.25) is 11.8 Å². The molecule has 37 heavy (non-hydrogen) atoms. The zero-order valence-electron chi connectivity index (χ0n) is 22.7. The van der Waals surface area contributed by atoms with Crippen LogP contribution in [0.3, 0.4) is 0 Å². The van der Waals surface area contributed by atoms with Crippen LogP contribution < -0.4 is 10.5 Å². The zero-order valence-corrected chi connectivity index (χ0v) is 24.6. The minimum absolute atomic E-state index is 0.0178. The van der Waals surface area contributed by atoms with Gasteiger partial charge in [-0.3, -0.25) is 4.79 Å². The van der Waals surface area contributed by atoms with E-state index in [1.54, 1.807) is 24.7 Å². The summed E-state index contributed by atoms with van der Waals surface area (Å²) in [7, 11) is -0.551. The molecule has 0 aromatic carbocycles. The van der Waals surface area contributed by atoms with Crippen molar-refractivity contribution in [2.45, 2.75) is 108 Å². The summed E-state index contributed by atoms with van der Waals surface area (Å²) in [5.74, 6) is 0.304. The van der Waals surface area contributed by atoms with Crippen LogP contribution in [0.25, 0.3) is 10.2 Å². The van der Waals surface area contributed by atoms with Crippen molar-refractivity contribution >= 4 is 41.9 Å². The van der Waals surface area contributed by atoms with Gasteiger partial charge in [0.05, 0.1) is 5.39 Å². The van der Waals surface area contributed by atoms with Crippen molar-refractivity contribution < 1.29 is 23.9 Å². The van der Waals surface area contributed by atoms with Crippen LogP contribution in [-0.2, 0) is 15.6 Å². The first-order valence-corrected chi connectivity index (χ1v) is 16.9. The second-order valence-electron chi connectivity index (χ2n) is 12.0. The topological polar surface area (TPSA) is 128 Å².